The summed E-state index contributed by atoms with van der Waals surface area (Å²) in [4.78, 5) is 12.2. The second-order valence-electron chi connectivity index (χ2n) is 8.23. The van der Waals surface area contributed by atoms with Gasteiger partial charge in [-0.05, 0) is 48.7 Å². The van der Waals surface area contributed by atoms with Gasteiger partial charge in [0.25, 0.3) is 15.9 Å². The maximum Gasteiger partial charge on any atom is 0.252 e. The van der Waals surface area contributed by atoms with Gasteiger partial charge in [0.15, 0.2) is 0 Å². The van der Waals surface area contributed by atoms with Crippen molar-refractivity contribution in [3.8, 4) is 5.75 Å². The average Bonchev–Trinajstić information content (AvgIpc) is 3.48. The zero-order valence-corrected chi connectivity index (χ0v) is 19.8. The largest absolute Gasteiger partial charge is 0.507 e. The van der Waals surface area contributed by atoms with E-state index in [-0.39, 0.29) is 21.6 Å². The third-order valence-electron chi connectivity index (χ3n) is 6.13. The maximum atomic E-state index is 13.3. The summed E-state index contributed by atoms with van der Waals surface area (Å²) in [5, 5.41) is 18.8. The highest BCUT2D eigenvalue weighted by molar-refractivity contribution is 7.91. The number of para-hydroxylation sites is 2. The molecule has 2 aromatic heterocycles. The second kappa shape index (κ2) is 8.82. The van der Waals surface area contributed by atoms with Crippen LogP contribution >= 0.6 is 11.3 Å². The van der Waals surface area contributed by atoms with Gasteiger partial charge in [0.05, 0.1) is 17.1 Å². The number of primary amides is 1. The minimum Gasteiger partial charge on any atom is -0.507 e. The van der Waals surface area contributed by atoms with Crippen LogP contribution in [-0.2, 0) is 16.4 Å². The molecule has 34 heavy (non-hydrogen) atoms. The first-order chi connectivity index (χ1) is 16.3. The van der Waals surface area contributed by atoms with Gasteiger partial charge in [0, 0.05) is 24.4 Å². The molecule has 1 amide bonds. The van der Waals surface area contributed by atoms with E-state index in [0.717, 1.165) is 15.9 Å². The fourth-order valence-corrected chi connectivity index (χ4v) is 7.33. The number of aromatic nitrogens is 3. The van der Waals surface area contributed by atoms with Crippen molar-refractivity contribution in [1.82, 2.24) is 19.3 Å². The molecule has 0 unspecified atom stereocenters. The van der Waals surface area contributed by atoms with Crippen molar-refractivity contribution in [1.29, 1.82) is 0 Å². The lowest BCUT2D eigenvalue weighted by atomic mass is 10.1. The van der Waals surface area contributed by atoms with Crippen LogP contribution in [0.25, 0.3) is 11.0 Å². The summed E-state index contributed by atoms with van der Waals surface area (Å²) >= 11 is 1.17. The fourth-order valence-electron chi connectivity index (χ4n) is 4.32. The van der Waals surface area contributed by atoms with Crippen LogP contribution in [0.1, 0.15) is 39.7 Å². The number of thiophene rings is 1. The summed E-state index contributed by atoms with van der Waals surface area (Å²) in [6, 6.07) is 16.0. The number of rotatable bonds is 6. The lowest BCUT2D eigenvalue weighted by Crippen LogP contribution is -2.38. The number of nitrogens with zero attached hydrogens (tertiary/aromatic N) is 4. The van der Waals surface area contributed by atoms with E-state index in [1.165, 1.54) is 21.7 Å². The summed E-state index contributed by atoms with van der Waals surface area (Å²) in [6.07, 6.45) is 1.60. The van der Waals surface area contributed by atoms with Crippen LogP contribution in [-0.4, -0.2) is 51.8 Å². The summed E-state index contributed by atoms with van der Waals surface area (Å²) in [5.41, 5.74) is 7.65. The number of amides is 1. The number of sulfonamides is 1. The van der Waals surface area contributed by atoms with Crippen molar-refractivity contribution in [2.75, 3.05) is 13.1 Å². The molecule has 176 valence electrons. The number of nitrogens with two attached hydrogens (primary N) is 1. The number of hydrogen-bond acceptors (Lipinski definition) is 7. The van der Waals surface area contributed by atoms with Crippen molar-refractivity contribution in [2.24, 2.45) is 5.73 Å². The molecule has 0 aliphatic carbocycles. The minimum atomic E-state index is -3.63. The lowest BCUT2D eigenvalue weighted by Gasteiger charge is -2.30. The van der Waals surface area contributed by atoms with Crippen LogP contribution in [0, 0.1) is 0 Å². The summed E-state index contributed by atoms with van der Waals surface area (Å²) in [7, 11) is -3.63. The Hall–Kier alpha value is -3.28. The zero-order chi connectivity index (χ0) is 23.9. The first kappa shape index (κ1) is 22.5. The molecule has 0 spiro atoms. The van der Waals surface area contributed by atoms with E-state index < -0.39 is 15.9 Å². The van der Waals surface area contributed by atoms with E-state index in [0.29, 0.717) is 37.9 Å². The number of hydrogen-bond donors (Lipinski definition) is 2. The van der Waals surface area contributed by atoms with Gasteiger partial charge in [-0.3, -0.25) is 4.79 Å². The van der Waals surface area contributed by atoms with E-state index >= 15 is 0 Å². The Morgan fingerprint density at radius 3 is 2.62 bits per heavy atom. The second-order valence-corrected chi connectivity index (χ2v) is 11.6. The van der Waals surface area contributed by atoms with Crippen molar-refractivity contribution in [3.05, 3.63) is 70.6 Å². The van der Waals surface area contributed by atoms with Crippen molar-refractivity contribution >= 4 is 38.3 Å². The number of phenols is 1. The predicted molar refractivity (Wildman–Crippen MR) is 128 cm³/mol. The van der Waals surface area contributed by atoms with Gasteiger partial charge in [0.1, 0.15) is 15.5 Å². The Morgan fingerprint density at radius 1 is 1.09 bits per heavy atom. The number of benzene rings is 2. The summed E-state index contributed by atoms with van der Waals surface area (Å²) in [6.45, 7) is 0.797. The third kappa shape index (κ3) is 4.06. The van der Waals surface area contributed by atoms with Gasteiger partial charge in [-0.1, -0.05) is 29.5 Å². The molecule has 1 aliphatic rings. The highest BCUT2D eigenvalue weighted by atomic mass is 32.2. The van der Waals surface area contributed by atoms with E-state index in [9.17, 15) is 18.3 Å². The molecule has 1 saturated heterocycles. The standard InChI is InChI=1S/C23H23N5O4S2/c24-23(30)18-5-3-4-15(22(18)29)14-17-8-9-21(33-17)34(31,32)27-12-10-16(11-13-27)28-20-7-2-1-6-19(20)25-26-28/h1-9,16,29H,10-14H2,(H2,24,30). The van der Waals surface area contributed by atoms with Crippen LogP contribution in [0.5, 0.6) is 5.75 Å². The highest BCUT2D eigenvalue weighted by Crippen LogP contribution is 2.33. The number of piperidine rings is 1. The molecule has 1 fully saturated rings. The first-order valence-electron chi connectivity index (χ1n) is 10.8. The molecule has 0 bridgehead atoms. The average molecular weight is 498 g/mol. The molecule has 2 aromatic carbocycles. The zero-order valence-electron chi connectivity index (χ0n) is 18.2. The number of carbonyl (C=O) groups excluding carboxylic acids is 1. The SMILES string of the molecule is NC(=O)c1cccc(Cc2ccc(S(=O)(=O)N3CCC(n4nnc5ccccc54)CC3)s2)c1O. The molecule has 1 aliphatic heterocycles. The molecule has 3 heterocycles. The molecule has 11 heteroatoms. The number of fused-ring (bicyclic) bond motifs is 1. The Bertz CT molecular complexity index is 1470. The van der Waals surface area contributed by atoms with Crippen molar-refractivity contribution in [2.45, 2.75) is 29.5 Å². The van der Waals surface area contributed by atoms with Crippen LogP contribution in [0.15, 0.2) is 58.8 Å². The van der Waals surface area contributed by atoms with Crippen LogP contribution in [0.4, 0.5) is 0 Å². The lowest BCUT2D eigenvalue weighted by molar-refractivity contribution is 0.0997. The molecular weight excluding hydrogens is 474 g/mol. The van der Waals surface area contributed by atoms with Gasteiger partial charge in [-0.25, -0.2) is 13.1 Å². The summed E-state index contributed by atoms with van der Waals surface area (Å²) < 4.78 is 30.2. The van der Waals surface area contributed by atoms with Crippen molar-refractivity contribution < 1.29 is 18.3 Å². The monoisotopic (exact) mass is 497 g/mol. The molecule has 4 aromatic rings. The molecule has 5 rings (SSSR count). The van der Waals surface area contributed by atoms with Crippen LogP contribution in [0.3, 0.4) is 0 Å². The number of carbonyl (C=O) groups is 1. The number of aromatic hydroxyl groups is 1. The topological polar surface area (TPSA) is 131 Å². The Labute approximate surface area is 200 Å². The first-order valence-corrected chi connectivity index (χ1v) is 13.1. The third-order valence-corrected chi connectivity index (χ3v) is 9.58. The van der Waals surface area contributed by atoms with Crippen molar-refractivity contribution in [3.63, 3.8) is 0 Å². The fraction of sp³-hybridized carbons (Fsp3) is 0.261. The predicted octanol–water partition coefficient (Wildman–Crippen LogP) is 2.91. The molecule has 3 N–H and O–H groups in total. The van der Waals surface area contributed by atoms with Crippen LogP contribution < -0.4 is 5.73 Å². The Kier molecular flexibility index (Phi) is 5.84. The van der Waals surface area contributed by atoms with E-state index in [4.69, 9.17) is 5.73 Å². The summed E-state index contributed by atoms with van der Waals surface area (Å²) in [5.74, 6) is -0.883. The van der Waals surface area contributed by atoms with E-state index in [1.807, 2.05) is 28.9 Å². The molecular formula is C23H23N5O4S2. The van der Waals surface area contributed by atoms with E-state index in [1.54, 1.807) is 24.3 Å². The minimum absolute atomic E-state index is 0.0462. The van der Waals surface area contributed by atoms with Gasteiger partial charge >= 0.3 is 0 Å². The van der Waals surface area contributed by atoms with Gasteiger partial charge in [-0.15, -0.1) is 16.4 Å². The Morgan fingerprint density at radius 2 is 1.85 bits per heavy atom. The molecule has 0 atom stereocenters. The Balaban J connectivity index is 1.29. The van der Waals surface area contributed by atoms with E-state index in [2.05, 4.69) is 10.3 Å². The normalized spacial score (nSPS) is 15.6. The molecule has 9 nitrogen and oxygen atoms in total. The smallest absolute Gasteiger partial charge is 0.252 e. The maximum absolute atomic E-state index is 13.3. The van der Waals surface area contributed by atoms with Gasteiger partial charge in [-0.2, -0.15) is 4.31 Å². The quantitative estimate of drug-likeness (QED) is 0.421. The molecule has 0 radical (unpaired) electrons. The van der Waals surface area contributed by atoms with Gasteiger partial charge in [0.2, 0.25) is 0 Å². The highest BCUT2D eigenvalue weighted by Gasteiger charge is 2.32. The van der Waals surface area contributed by atoms with Crippen LogP contribution in [0.2, 0.25) is 0 Å². The molecule has 0 saturated carbocycles. The van der Waals surface area contributed by atoms with Gasteiger partial charge < -0.3 is 10.8 Å².